The summed E-state index contributed by atoms with van der Waals surface area (Å²) in [6, 6.07) is 3.93. The van der Waals surface area contributed by atoms with Crippen LogP contribution in [0.1, 0.15) is 5.56 Å². The van der Waals surface area contributed by atoms with Gasteiger partial charge in [0.25, 0.3) is 0 Å². The normalized spacial score (nSPS) is 10.3. The molecule has 0 saturated heterocycles. The summed E-state index contributed by atoms with van der Waals surface area (Å²) in [6.45, 7) is 2.48. The minimum Gasteiger partial charge on any atom is -0.369 e. The molecule has 0 fully saturated rings. The monoisotopic (exact) mass is 246 g/mol. The average molecular weight is 246 g/mol. The zero-order valence-corrected chi connectivity index (χ0v) is 10.4. The summed E-state index contributed by atoms with van der Waals surface area (Å²) < 4.78 is 0. The number of rotatable bonds is 7. The lowest BCUT2D eigenvalue weighted by Crippen LogP contribution is -2.18. The van der Waals surface area contributed by atoms with E-state index < -0.39 is 0 Å². The van der Waals surface area contributed by atoms with Crippen molar-refractivity contribution in [1.82, 2.24) is 20.3 Å². The standard InChI is InChI=1S/C12H18N6/c1-13-4-5-15-11-6-12(18-9-17-11)16-8-10-2-3-14-7-10/h2-3,6-7,9,13-14H,4-5,8H2,1H3,(H2,15,16,17,18). The third-order valence-corrected chi connectivity index (χ3v) is 2.48. The van der Waals surface area contributed by atoms with Gasteiger partial charge in [-0.15, -0.1) is 0 Å². The van der Waals surface area contributed by atoms with Gasteiger partial charge in [-0.05, 0) is 18.7 Å². The molecule has 4 N–H and O–H groups in total. The fraction of sp³-hybridized carbons (Fsp3) is 0.333. The molecule has 0 saturated carbocycles. The molecule has 0 aliphatic heterocycles. The number of nitrogens with zero attached hydrogens (tertiary/aromatic N) is 2. The zero-order chi connectivity index (χ0) is 12.6. The molecule has 0 spiro atoms. The number of hydrogen-bond acceptors (Lipinski definition) is 5. The van der Waals surface area contributed by atoms with Gasteiger partial charge in [0, 0.05) is 38.1 Å². The van der Waals surface area contributed by atoms with Gasteiger partial charge in [-0.1, -0.05) is 0 Å². The molecule has 0 amide bonds. The highest BCUT2D eigenvalue weighted by Gasteiger charge is 1.98. The van der Waals surface area contributed by atoms with Gasteiger partial charge in [-0.3, -0.25) is 0 Å². The Bertz CT molecular complexity index is 453. The Hall–Kier alpha value is -2.08. The van der Waals surface area contributed by atoms with Gasteiger partial charge in [0.15, 0.2) is 0 Å². The smallest absolute Gasteiger partial charge is 0.131 e. The largest absolute Gasteiger partial charge is 0.369 e. The van der Waals surface area contributed by atoms with Crippen molar-refractivity contribution in [2.45, 2.75) is 6.54 Å². The maximum absolute atomic E-state index is 4.18. The van der Waals surface area contributed by atoms with Crippen molar-refractivity contribution < 1.29 is 0 Å². The van der Waals surface area contributed by atoms with Crippen LogP contribution in [0.15, 0.2) is 30.9 Å². The van der Waals surface area contributed by atoms with E-state index in [9.17, 15) is 0 Å². The maximum atomic E-state index is 4.18. The van der Waals surface area contributed by atoms with Crippen LogP contribution < -0.4 is 16.0 Å². The fourth-order valence-corrected chi connectivity index (χ4v) is 1.53. The lowest BCUT2D eigenvalue weighted by Gasteiger charge is -2.07. The highest BCUT2D eigenvalue weighted by molar-refractivity contribution is 5.46. The summed E-state index contributed by atoms with van der Waals surface area (Å²) in [5.41, 5.74) is 1.19. The van der Waals surface area contributed by atoms with Crippen molar-refractivity contribution in [1.29, 1.82) is 0 Å². The molecule has 0 radical (unpaired) electrons. The van der Waals surface area contributed by atoms with E-state index >= 15 is 0 Å². The molecule has 0 bridgehead atoms. The van der Waals surface area contributed by atoms with Gasteiger partial charge >= 0.3 is 0 Å². The number of nitrogens with one attached hydrogen (secondary N) is 4. The summed E-state index contributed by atoms with van der Waals surface area (Å²) in [5.74, 6) is 1.65. The molecule has 0 aromatic carbocycles. The second kappa shape index (κ2) is 6.61. The Morgan fingerprint density at radius 2 is 2.00 bits per heavy atom. The Kier molecular flexibility index (Phi) is 4.54. The molecule has 2 aromatic rings. The lowest BCUT2D eigenvalue weighted by atomic mass is 10.3. The van der Waals surface area contributed by atoms with Gasteiger partial charge in [0.05, 0.1) is 0 Å². The molecule has 96 valence electrons. The van der Waals surface area contributed by atoms with E-state index in [-0.39, 0.29) is 0 Å². The molecule has 2 rings (SSSR count). The van der Waals surface area contributed by atoms with Crippen LogP contribution >= 0.6 is 0 Å². The van der Waals surface area contributed by atoms with Crippen molar-refractivity contribution in [3.63, 3.8) is 0 Å². The summed E-state index contributed by atoms with van der Waals surface area (Å²) >= 11 is 0. The Morgan fingerprint density at radius 1 is 1.17 bits per heavy atom. The number of H-pyrrole nitrogens is 1. The number of likely N-dealkylation sites (N-methyl/N-ethyl adjacent to an activating group) is 1. The minimum absolute atomic E-state index is 0.746. The quantitative estimate of drug-likeness (QED) is 0.549. The highest BCUT2D eigenvalue weighted by Crippen LogP contribution is 2.09. The van der Waals surface area contributed by atoms with Crippen LogP contribution in [-0.4, -0.2) is 35.1 Å². The van der Waals surface area contributed by atoms with E-state index in [4.69, 9.17) is 0 Å². The Labute approximate surface area is 106 Å². The molecule has 2 heterocycles. The lowest BCUT2D eigenvalue weighted by molar-refractivity contribution is 0.821. The second-order valence-electron chi connectivity index (χ2n) is 3.89. The number of anilines is 2. The fourth-order valence-electron chi connectivity index (χ4n) is 1.53. The van der Waals surface area contributed by atoms with E-state index in [2.05, 4.69) is 30.9 Å². The van der Waals surface area contributed by atoms with Gasteiger partial charge in [0.2, 0.25) is 0 Å². The summed E-state index contributed by atoms with van der Waals surface area (Å²) in [5, 5.41) is 9.54. The van der Waals surface area contributed by atoms with Crippen LogP contribution in [-0.2, 0) is 6.54 Å². The van der Waals surface area contributed by atoms with Gasteiger partial charge in [0.1, 0.15) is 18.0 Å². The zero-order valence-electron chi connectivity index (χ0n) is 10.4. The third-order valence-electron chi connectivity index (χ3n) is 2.48. The first kappa shape index (κ1) is 12.4. The van der Waals surface area contributed by atoms with Gasteiger partial charge in [-0.2, -0.15) is 0 Å². The first-order chi connectivity index (χ1) is 8.88. The van der Waals surface area contributed by atoms with Crippen molar-refractivity contribution in [2.75, 3.05) is 30.8 Å². The molecular weight excluding hydrogens is 228 g/mol. The second-order valence-corrected chi connectivity index (χ2v) is 3.89. The third kappa shape index (κ3) is 3.74. The Balaban J connectivity index is 1.86. The summed E-state index contributed by atoms with van der Waals surface area (Å²) in [6.07, 6.45) is 5.42. The number of hydrogen-bond donors (Lipinski definition) is 4. The van der Waals surface area contributed by atoms with E-state index in [0.29, 0.717) is 0 Å². The minimum atomic E-state index is 0.746. The van der Waals surface area contributed by atoms with Gasteiger partial charge in [-0.25, -0.2) is 9.97 Å². The molecule has 0 atom stereocenters. The Morgan fingerprint density at radius 3 is 2.72 bits per heavy atom. The van der Waals surface area contributed by atoms with E-state index in [1.54, 1.807) is 6.33 Å². The highest BCUT2D eigenvalue weighted by atomic mass is 15.1. The molecule has 0 aliphatic rings. The molecular formula is C12H18N6. The van der Waals surface area contributed by atoms with Crippen LogP contribution in [0, 0.1) is 0 Å². The van der Waals surface area contributed by atoms with Crippen LogP contribution in [0.4, 0.5) is 11.6 Å². The van der Waals surface area contributed by atoms with Crippen LogP contribution in [0.5, 0.6) is 0 Å². The van der Waals surface area contributed by atoms with Crippen molar-refractivity contribution in [2.24, 2.45) is 0 Å². The molecule has 2 aromatic heterocycles. The first-order valence-electron chi connectivity index (χ1n) is 5.94. The molecule has 0 aliphatic carbocycles. The average Bonchev–Trinajstić information content (AvgIpc) is 2.90. The van der Waals surface area contributed by atoms with Gasteiger partial charge < -0.3 is 20.9 Å². The van der Waals surface area contributed by atoms with Crippen LogP contribution in [0.2, 0.25) is 0 Å². The first-order valence-corrected chi connectivity index (χ1v) is 5.94. The molecule has 0 unspecified atom stereocenters. The van der Waals surface area contributed by atoms with Crippen molar-refractivity contribution in [3.05, 3.63) is 36.4 Å². The van der Waals surface area contributed by atoms with E-state index in [0.717, 1.165) is 31.3 Å². The summed E-state index contributed by atoms with van der Waals surface area (Å²) in [7, 11) is 1.92. The van der Waals surface area contributed by atoms with Crippen LogP contribution in [0.25, 0.3) is 0 Å². The van der Waals surface area contributed by atoms with E-state index in [1.165, 1.54) is 5.56 Å². The predicted octanol–water partition coefficient (Wildman–Crippen LogP) is 1.05. The molecule has 6 nitrogen and oxygen atoms in total. The number of aromatic nitrogens is 3. The van der Waals surface area contributed by atoms with Crippen molar-refractivity contribution >= 4 is 11.6 Å². The molecule has 6 heteroatoms. The summed E-state index contributed by atoms with van der Waals surface area (Å²) in [4.78, 5) is 11.4. The van der Waals surface area contributed by atoms with Crippen molar-refractivity contribution in [3.8, 4) is 0 Å². The topological polar surface area (TPSA) is 77.7 Å². The number of aromatic amines is 1. The van der Waals surface area contributed by atoms with Crippen LogP contribution in [0.3, 0.4) is 0 Å². The predicted molar refractivity (Wildman–Crippen MR) is 72.6 cm³/mol. The maximum Gasteiger partial charge on any atom is 0.131 e. The molecule has 18 heavy (non-hydrogen) atoms. The van der Waals surface area contributed by atoms with E-state index in [1.807, 2.05) is 31.6 Å². The SMILES string of the molecule is CNCCNc1cc(NCc2cc[nH]c2)ncn1.